The molecule has 2 N–H and O–H groups in total. The van der Waals surface area contributed by atoms with E-state index in [9.17, 15) is 5.11 Å². The van der Waals surface area contributed by atoms with Crippen LogP contribution in [-0.2, 0) is 0 Å². The summed E-state index contributed by atoms with van der Waals surface area (Å²) in [7, 11) is 0. The largest absolute Gasteiger partial charge is 0.396 e. The maximum absolute atomic E-state index is 9.38. The van der Waals surface area contributed by atoms with Crippen molar-refractivity contribution in [2.45, 2.75) is 59.4 Å². The lowest BCUT2D eigenvalue weighted by atomic mass is 9.83. The molecule has 0 aromatic rings. The van der Waals surface area contributed by atoms with Crippen LogP contribution in [0.4, 0.5) is 0 Å². The van der Waals surface area contributed by atoms with Gasteiger partial charge in [-0.25, -0.2) is 0 Å². The fraction of sp³-hybridized carbons (Fsp3) is 1.00. The van der Waals surface area contributed by atoms with Gasteiger partial charge < -0.3 is 10.4 Å². The smallest absolute Gasteiger partial charge is 0.0499 e. The summed E-state index contributed by atoms with van der Waals surface area (Å²) in [4.78, 5) is 0. The molecule has 1 atom stereocenters. The molecule has 0 aliphatic heterocycles. The minimum absolute atomic E-state index is 0.0992. The van der Waals surface area contributed by atoms with E-state index in [1.54, 1.807) is 0 Å². The zero-order valence-corrected chi connectivity index (χ0v) is 10.3. The van der Waals surface area contributed by atoms with E-state index in [1.165, 1.54) is 12.8 Å². The van der Waals surface area contributed by atoms with Gasteiger partial charge in [0, 0.05) is 24.6 Å². The number of hydrogen-bond acceptors (Lipinski definition) is 2. The molecule has 1 unspecified atom stereocenters. The highest BCUT2D eigenvalue weighted by atomic mass is 16.3. The molecule has 14 heavy (non-hydrogen) atoms. The van der Waals surface area contributed by atoms with Crippen molar-refractivity contribution < 1.29 is 5.11 Å². The van der Waals surface area contributed by atoms with Gasteiger partial charge in [0.15, 0.2) is 0 Å². The van der Waals surface area contributed by atoms with Gasteiger partial charge in [-0.2, -0.15) is 0 Å². The van der Waals surface area contributed by atoms with Crippen LogP contribution in [-0.4, -0.2) is 24.3 Å². The van der Waals surface area contributed by atoms with Crippen LogP contribution >= 0.6 is 0 Å². The first-order valence-corrected chi connectivity index (χ1v) is 5.98. The Kier molecular flexibility index (Phi) is 7.20. The van der Waals surface area contributed by atoms with Gasteiger partial charge in [-0.3, -0.25) is 0 Å². The van der Waals surface area contributed by atoms with Crippen molar-refractivity contribution in [3.8, 4) is 0 Å². The molecule has 0 heterocycles. The van der Waals surface area contributed by atoms with Crippen LogP contribution in [0.1, 0.15) is 53.4 Å². The third kappa shape index (κ3) is 4.43. The van der Waals surface area contributed by atoms with Gasteiger partial charge in [-0.1, -0.05) is 27.2 Å². The third-order valence-corrected chi connectivity index (χ3v) is 3.38. The standard InChI is InChI=1S/C12H27NO/c1-5-8-11(4)13-9-12(6-2,7-3)10-14/h11,13-14H,5-10H2,1-4H3. The Morgan fingerprint density at radius 2 is 1.79 bits per heavy atom. The molecule has 0 fully saturated rings. The maximum Gasteiger partial charge on any atom is 0.0499 e. The van der Waals surface area contributed by atoms with Crippen LogP contribution < -0.4 is 5.32 Å². The zero-order valence-electron chi connectivity index (χ0n) is 10.3. The summed E-state index contributed by atoms with van der Waals surface area (Å²) in [5.74, 6) is 0. The van der Waals surface area contributed by atoms with E-state index in [4.69, 9.17) is 0 Å². The molecule has 2 nitrogen and oxygen atoms in total. The second-order valence-corrected chi connectivity index (χ2v) is 4.44. The Hall–Kier alpha value is -0.0800. The fourth-order valence-corrected chi connectivity index (χ4v) is 1.71. The molecule has 0 aromatic carbocycles. The van der Waals surface area contributed by atoms with Gasteiger partial charge in [0.25, 0.3) is 0 Å². The molecule has 0 bridgehead atoms. The molecule has 0 rings (SSSR count). The van der Waals surface area contributed by atoms with Crippen molar-refractivity contribution in [1.29, 1.82) is 0 Å². The molecule has 0 aromatic heterocycles. The minimum Gasteiger partial charge on any atom is -0.396 e. The molecule has 0 amide bonds. The zero-order chi connectivity index (χ0) is 11.0. The lowest BCUT2D eigenvalue weighted by Crippen LogP contribution is -2.40. The van der Waals surface area contributed by atoms with Crippen LogP contribution in [0.25, 0.3) is 0 Å². The van der Waals surface area contributed by atoms with Gasteiger partial charge in [0.2, 0.25) is 0 Å². The number of aliphatic hydroxyl groups is 1. The summed E-state index contributed by atoms with van der Waals surface area (Å²) < 4.78 is 0. The van der Waals surface area contributed by atoms with Gasteiger partial charge in [-0.05, 0) is 26.2 Å². The van der Waals surface area contributed by atoms with E-state index in [1.807, 2.05) is 0 Å². The van der Waals surface area contributed by atoms with E-state index in [0.29, 0.717) is 12.6 Å². The summed E-state index contributed by atoms with van der Waals surface area (Å²) in [6.07, 6.45) is 4.53. The summed E-state index contributed by atoms with van der Waals surface area (Å²) >= 11 is 0. The van der Waals surface area contributed by atoms with Crippen LogP contribution in [0.15, 0.2) is 0 Å². The first-order valence-electron chi connectivity index (χ1n) is 5.98. The van der Waals surface area contributed by atoms with Crippen LogP contribution in [0.3, 0.4) is 0 Å². The predicted octanol–water partition coefficient (Wildman–Crippen LogP) is 2.56. The summed E-state index contributed by atoms with van der Waals surface area (Å²) in [5.41, 5.74) is 0.0992. The normalized spacial score (nSPS) is 14.4. The topological polar surface area (TPSA) is 32.3 Å². The highest BCUT2D eigenvalue weighted by Crippen LogP contribution is 2.24. The van der Waals surface area contributed by atoms with Crippen molar-refractivity contribution >= 4 is 0 Å². The maximum atomic E-state index is 9.38. The van der Waals surface area contributed by atoms with E-state index < -0.39 is 0 Å². The van der Waals surface area contributed by atoms with Gasteiger partial charge in [0.05, 0.1) is 0 Å². The number of rotatable bonds is 8. The highest BCUT2D eigenvalue weighted by Gasteiger charge is 2.25. The van der Waals surface area contributed by atoms with Crippen molar-refractivity contribution in [3.63, 3.8) is 0 Å². The summed E-state index contributed by atoms with van der Waals surface area (Å²) in [5, 5.41) is 12.9. The Morgan fingerprint density at radius 1 is 1.21 bits per heavy atom. The first kappa shape index (κ1) is 13.9. The van der Waals surface area contributed by atoms with Gasteiger partial charge >= 0.3 is 0 Å². The SMILES string of the molecule is CCCC(C)NCC(CC)(CC)CO. The molecule has 2 heteroatoms. The lowest BCUT2D eigenvalue weighted by molar-refractivity contribution is 0.110. The molecule has 0 aliphatic carbocycles. The molecule has 0 saturated heterocycles. The second kappa shape index (κ2) is 7.24. The molecule has 0 radical (unpaired) electrons. The monoisotopic (exact) mass is 201 g/mol. The average Bonchev–Trinajstić information content (AvgIpc) is 2.21. The first-order chi connectivity index (χ1) is 6.64. The number of nitrogens with one attached hydrogen (secondary N) is 1. The average molecular weight is 201 g/mol. The third-order valence-electron chi connectivity index (χ3n) is 3.38. The highest BCUT2D eigenvalue weighted by molar-refractivity contribution is 4.79. The Labute approximate surface area is 89.1 Å². The lowest BCUT2D eigenvalue weighted by Gasteiger charge is -2.31. The van der Waals surface area contributed by atoms with Crippen molar-refractivity contribution in [1.82, 2.24) is 5.32 Å². The Morgan fingerprint density at radius 3 is 2.14 bits per heavy atom. The number of aliphatic hydroxyl groups excluding tert-OH is 1. The van der Waals surface area contributed by atoms with Crippen LogP contribution in [0.2, 0.25) is 0 Å². The fourth-order valence-electron chi connectivity index (χ4n) is 1.71. The quantitative estimate of drug-likeness (QED) is 0.632. The van der Waals surface area contributed by atoms with Gasteiger partial charge in [-0.15, -0.1) is 0 Å². The van der Waals surface area contributed by atoms with Crippen LogP contribution in [0, 0.1) is 5.41 Å². The molecule has 0 spiro atoms. The van der Waals surface area contributed by atoms with Crippen LogP contribution in [0.5, 0.6) is 0 Å². The molecule has 0 aliphatic rings. The van der Waals surface area contributed by atoms with Crippen molar-refractivity contribution in [3.05, 3.63) is 0 Å². The van der Waals surface area contributed by atoms with Crippen molar-refractivity contribution in [2.24, 2.45) is 5.41 Å². The van der Waals surface area contributed by atoms with E-state index in [2.05, 4.69) is 33.0 Å². The predicted molar refractivity (Wildman–Crippen MR) is 62.5 cm³/mol. The van der Waals surface area contributed by atoms with Gasteiger partial charge in [0.1, 0.15) is 0 Å². The van der Waals surface area contributed by atoms with Crippen molar-refractivity contribution in [2.75, 3.05) is 13.2 Å². The molecular weight excluding hydrogens is 174 g/mol. The van der Waals surface area contributed by atoms with E-state index in [-0.39, 0.29) is 5.41 Å². The summed E-state index contributed by atoms with van der Waals surface area (Å²) in [6, 6.07) is 0.573. The molecule has 0 saturated carbocycles. The van der Waals surface area contributed by atoms with E-state index in [0.717, 1.165) is 19.4 Å². The summed E-state index contributed by atoms with van der Waals surface area (Å²) in [6.45, 7) is 9.98. The number of hydrogen-bond donors (Lipinski definition) is 2. The minimum atomic E-state index is 0.0992. The molecule has 86 valence electrons. The Bertz CT molecular complexity index is 124. The Balaban J connectivity index is 3.92. The molecular formula is C12H27NO. The second-order valence-electron chi connectivity index (χ2n) is 4.44. The van der Waals surface area contributed by atoms with E-state index >= 15 is 0 Å².